The van der Waals surface area contributed by atoms with E-state index in [1.165, 1.54) is 12.3 Å². The molecule has 0 aliphatic rings. The van der Waals surface area contributed by atoms with E-state index in [9.17, 15) is 9.18 Å². The Balaban J connectivity index is 2.37. The van der Waals surface area contributed by atoms with Crippen molar-refractivity contribution in [2.45, 2.75) is 26.8 Å². The minimum absolute atomic E-state index is 0.0959. The Kier molecular flexibility index (Phi) is 4.65. The summed E-state index contributed by atoms with van der Waals surface area (Å²) in [6.07, 6.45) is 4.74. The second-order valence-electron chi connectivity index (χ2n) is 4.98. The van der Waals surface area contributed by atoms with E-state index in [1.807, 2.05) is 0 Å². The largest absolute Gasteiger partial charge is 0.298 e. The minimum Gasteiger partial charge on any atom is -0.298 e. The van der Waals surface area contributed by atoms with Gasteiger partial charge in [0, 0.05) is 23.4 Å². The zero-order chi connectivity index (χ0) is 14.7. The molecule has 6 heteroatoms. The van der Waals surface area contributed by atoms with E-state index >= 15 is 0 Å². The van der Waals surface area contributed by atoms with Crippen molar-refractivity contribution in [3.8, 4) is 11.4 Å². The van der Waals surface area contributed by atoms with Crippen molar-refractivity contribution >= 4 is 22.2 Å². The van der Waals surface area contributed by atoms with Gasteiger partial charge in [0.25, 0.3) is 0 Å². The Morgan fingerprint density at radius 3 is 2.80 bits per heavy atom. The molecule has 0 atom stereocenters. The average molecular weight is 340 g/mol. The summed E-state index contributed by atoms with van der Waals surface area (Å²) in [5.74, 6) is 0.0291. The molecular formula is C14H15BrFN3O. The predicted octanol–water partition coefficient (Wildman–Crippen LogP) is 3.71. The molecule has 2 rings (SSSR count). The van der Waals surface area contributed by atoms with Crippen LogP contribution in [0, 0.1) is 11.7 Å². The van der Waals surface area contributed by atoms with E-state index in [0.29, 0.717) is 28.8 Å². The molecule has 20 heavy (non-hydrogen) atoms. The van der Waals surface area contributed by atoms with Gasteiger partial charge in [0.15, 0.2) is 12.1 Å². The Hall–Kier alpha value is -1.56. The lowest BCUT2D eigenvalue weighted by Gasteiger charge is -2.04. The topological polar surface area (TPSA) is 47.8 Å². The van der Waals surface area contributed by atoms with Crippen LogP contribution in [0.4, 0.5) is 4.39 Å². The normalized spacial score (nSPS) is 11.1. The quantitative estimate of drug-likeness (QED) is 0.780. The van der Waals surface area contributed by atoms with Gasteiger partial charge in [-0.1, -0.05) is 13.8 Å². The molecule has 0 radical (unpaired) electrons. The third kappa shape index (κ3) is 3.30. The van der Waals surface area contributed by atoms with Crippen LogP contribution in [0.1, 0.15) is 30.6 Å². The fraction of sp³-hybridized carbons (Fsp3) is 0.357. The van der Waals surface area contributed by atoms with E-state index < -0.39 is 5.82 Å². The van der Waals surface area contributed by atoms with Gasteiger partial charge in [-0.3, -0.25) is 14.5 Å². The van der Waals surface area contributed by atoms with E-state index in [0.717, 1.165) is 6.42 Å². The summed E-state index contributed by atoms with van der Waals surface area (Å²) in [6, 6.07) is 1.31. The summed E-state index contributed by atoms with van der Waals surface area (Å²) in [5, 5.41) is 4.28. The van der Waals surface area contributed by atoms with Crippen molar-refractivity contribution in [1.82, 2.24) is 14.8 Å². The number of aryl methyl sites for hydroxylation is 1. The van der Waals surface area contributed by atoms with Crippen LogP contribution in [0.15, 0.2) is 22.9 Å². The number of hydrogen-bond donors (Lipinski definition) is 0. The highest BCUT2D eigenvalue weighted by Gasteiger charge is 2.16. The summed E-state index contributed by atoms with van der Waals surface area (Å²) in [4.78, 5) is 15.1. The number of halogens is 2. The first-order valence-corrected chi connectivity index (χ1v) is 7.14. The second kappa shape index (κ2) is 6.26. The Morgan fingerprint density at radius 2 is 2.20 bits per heavy atom. The zero-order valence-electron chi connectivity index (χ0n) is 11.3. The van der Waals surface area contributed by atoms with Crippen LogP contribution in [0.25, 0.3) is 11.4 Å². The van der Waals surface area contributed by atoms with Gasteiger partial charge in [-0.15, -0.1) is 0 Å². The maximum absolute atomic E-state index is 13.9. The van der Waals surface area contributed by atoms with E-state index in [-0.39, 0.29) is 11.4 Å². The molecule has 0 aromatic carbocycles. The molecule has 0 aliphatic heterocycles. The number of carbonyl (C=O) groups is 1. The van der Waals surface area contributed by atoms with Crippen molar-refractivity contribution in [3.63, 3.8) is 0 Å². The maximum atomic E-state index is 13.9. The highest BCUT2D eigenvalue weighted by atomic mass is 79.9. The molecule has 0 unspecified atom stereocenters. The van der Waals surface area contributed by atoms with Gasteiger partial charge in [-0.25, -0.2) is 4.39 Å². The van der Waals surface area contributed by atoms with Crippen LogP contribution in [-0.2, 0) is 6.54 Å². The van der Waals surface area contributed by atoms with Gasteiger partial charge in [-0.2, -0.15) is 5.10 Å². The molecule has 2 heterocycles. The number of carbonyl (C=O) groups excluding carboxylic acids is 1. The highest BCUT2D eigenvalue weighted by molar-refractivity contribution is 9.10. The highest BCUT2D eigenvalue weighted by Crippen LogP contribution is 2.24. The Labute approximate surface area is 125 Å². The first-order chi connectivity index (χ1) is 9.51. The summed E-state index contributed by atoms with van der Waals surface area (Å²) in [7, 11) is 0. The monoisotopic (exact) mass is 339 g/mol. The second-order valence-corrected chi connectivity index (χ2v) is 5.90. The standard InChI is InChI=1S/C14H15BrFN3O/c1-9(2)3-4-19-7-10(8-20)13(18-19)14-12(16)5-11(15)6-17-14/h5-9H,3-4H2,1-2H3. The van der Waals surface area contributed by atoms with Crippen LogP contribution in [0.5, 0.6) is 0 Å². The molecule has 0 bridgehead atoms. The predicted molar refractivity (Wildman–Crippen MR) is 78.0 cm³/mol. The molecule has 0 fully saturated rings. The van der Waals surface area contributed by atoms with Crippen LogP contribution >= 0.6 is 15.9 Å². The van der Waals surface area contributed by atoms with Crippen LogP contribution in [0.2, 0.25) is 0 Å². The molecule has 2 aromatic heterocycles. The number of pyridine rings is 1. The van der Waals surface area contributed by atoms with Crippen LogP contribution < -0.4 is 0 Å². The summed E-state index contributed by atoms with van der Waals surface area (Å²) >= 11 is 3.15. The van der Waals surface area contributed by atoms with Crippen LogP contribution in [0.3, 0.4) is 0 Å². The van der Waals surface area contributed by atoms with Gasteiger partial charge < -0.3 is 0 Å². The lowest BCUT2D eigenvalue weighted by molar-refractivity contribution is 0.112. The van der Waals surface area contributed by atoms with Crippen LogP contribution in [-0.4, -0.2) is 21.1 Å². The molecule has 0 saturated heterocycles. The average Bonchev–Trinajstić information content (AvgIpc) is 2.79. The molecule has 0 saturated carbocycles. The molecule has 0 aliphatic carbocycles. The first kappa shape index (κ1) is 14.8. The maximum Gasteiger partial charge on any atom is 0.153 e. The van der Waals surface area contributed by atoms with Crippen molar-refractivity contribution < 1.29 is 9.18 Å². The molecule has 2 aromatic rings. The molecule has 0 spiro atoms. The fourth-order valence-corrected chi connectivity index (χ4v) is 2.10. The first-order valence-electron chi connectivity index (χ1n) is 6.35. The molecule has 4 nitrogen and oxygen atoms in total. The van der Waals surface area contributed by atoms with E-state index in [2.05, 4.69) is 39.9 Å². The van der Waals surface area contributed by atoms with Crippen molar-refractivity contribution in [3.05, 3.63) is 34.3 Å². The van der Waals surface area contributed by atoms with Gasteiger partial charge >= 0.3 is 0 Å². The minimum atomic E-state index is -0.503. The summed E-state index contributed by atoms with van der Waals surface area (Å²) < 4.78 is 16.1. The number of aldehydes is 1. The number of hydrogen-bond acceptors (Lipinski definition) is 3. The number of nitrogens with zero attached hydrogens (tertiary/aromatic N) is 3. The third-order valence-electron chi connectivity index (χ3n) is 2.88. The number of aromatic nitrogens is 3. The fourth-order valence-electron chi connectivity index (χ4n) is 1.80. The van der Waals surface area contributed by atoms with Gasteiger partial charge in [0.05, 0.1) is 5.56 Å². The van der Waals surface area contributed by atoms with Gasteiger partial charge in [0.2, 0.25) is 0 Å². The zero-order valence-corrected chi connectivity index (χ0v) is 12.9. The smallest absolute Gasteiger partial charge is 0.153 e. The Morgan fingerprint density at radius 1 is 1.45 bits per heavy atom. The molecule has 0 N–H and O–H groups in total. The van der Waals surface area contributed by atoms with Gasteiger partial charge in [0.1, 0.15) is 11.4 Å². The third-order valence-corrected chi connectivity index (χ3v) is 3.32. The number of rotatable bonds is 5. The van der Waals surface area contributed by atoms with Crippen molar-refractivity contribution in [2.75, 3.05) is 0 Å². The van der Waals surface area contributed by atoms with Gasteiger partial charge in [-0.05, 0) is 34.3 Å². The van der Waals surface area contributed by atoms with Crippen molar-refractivity contribution in [1.29, 1.82) is 0 Å². The molecular weight excluding hydrogens is 325 g/mol. The summed E-state index contributed by atoms with van der Waals surface area (Å²) in [6.45, 7) is 4.92. The summed E-state index contributed by atoms with van der Waals surface area (Å²) in [5.41, 5.74) is 0.731. The van der Waals surface area contributed by atoms with E-state index in [1.54, 1.807) is 10.9 Å². The lowest BCUT2D eigenvalue weighted by atomic mass is 10.1. The molecule has 0 amide bonds. The van der Waals surface area contributed by atoms with Crippen molar-refractivity contribution in [2.24, 2.45) is 5.92 Å². The SMILES string of the molecule is CC(C)CCn1cc(C=O)c(-c2ncc(Br)cc2F)n1. The Bertz CT molecular complexity index is 625. The van der Waals surface area contributed by atoms with E-state index in [4.69, 9.17) is 0 Å². The molecule has 106 valence electrons. The lowest BCUT2D eigenvalue weighted by Crippen LogP contribution is -2.02.